The minimum Gasteiger partial charge on any atom is -0.265 e. The first-order valence-electron chi connectivity index (χ1n) is 6.07. The minimum atomic E-state index is -3.18. The van der Waals surface area contributed by atoms with Crippen LogP contribution in [0, 0.1) is 5.92 Å². The average Bonchev–Trinajstić information content (AvgIpc) is 3.19. The third kappa shape index (κ3) is 4.66. The zero-order valence-electron chi connectivity index (χ0n) is 10.0. The number of aryl methyl sites for hydroxylation is 1. The van der Waals surface area contributed by atoms with E-state index in [0.29, 0.717) is 18.9 Å². The predicted molar refractivity (Wildman–Crippen MR) is 75.2 cm³/mol. The van der Waals surface area contributed by atoms with Crippen molar-refractivity contribution in [1.82, 2.24) is 9.71 Å². The maximum atomic E-state index is 11.8. The van der Waals surface area contributed by atoms with Gasteiger partial charge in [-0.2, -0.15) is 0 Å². The summed E-state index contributed by atoms with van der Waals surface area (Å²) in [7, 11) is -3.18. The van der Waals surface area contributed by atoms with E-state index in [1.54, 1.807) is 12.4 Å². The van der Waals surface area contributed by atoms with Crippen molar-refractivity contribution in [3.63, 3.8) is 0 Å². The van der Waals surface area contributed by atoms with Gasteiger partial charge in [0.15, 0.2) is 0 Å². The predicted octanol–water partition coefficient (Wildman–Crippen LogP) is 1.72. The lowest BCUT2D eigenvalue weighted by Crippen LogP contribution is -2.32. The Morgan fingerprint density at radius 1 is 1.39 bits per heavy atom. The third-order valence-corrected chi connectivity index (χ3v) is 5.46. The van der Waals surface area contributed by atoms with E-state index in [2.05, 4.69) is 25.6 Å². The SMILES string of the molecule is O=S(=O)(CCc1ccncc1)NCC(Br)C1CC1. The second-order valence-electron chi connectivity index (χ2n) is 4.63. The van der Waals surface area contributed by atoms with E-state index < -0.39 is 10.0 Å². The lowest BCUT2D eigenvalue weighted by Gasteiger charge is -2.10. The summed E-state index contributed by atoms with van der Waals surface area (Å²) in [6.45, 7) is 0.489. The molecule has 1 N–H and O–H groups in total. The Labute approximate surface area is 116 Å². The molecule has 1 saturated carbocycles. The number of hydrogen-bond acceptors (Lipinski definition) is 3. The summed E-state index contributed by atoms with van der Waals surface area (Å²) < 4.78 is 26.3. The number of halogens is 1. The molecule has 0 saturated heterocycles. The maximum absolute atomic E-state index is 11.8. The quantitative estimate of drug-likeness (QED) is 0.773. The molecule has 100 valence electrons. The van der Waals surface area contributed by atoms with E-state index >= 15 is 0 Å². The van der Waals surface area contributed by atoms with Crippen LogP contribution in [0.4, 0.5) is 0 Å². The van der Waals surface area contributed by atoms with Gasteiger partial charge in [-0.3, -0.25) is 4.98 Å². The summed E-state index contributed by atoms with van der Waals surface area (Å²) in [5.41, 5.74) is 0.993. The number of alkyl halides is 1. The molecule has 1 aliphatic rings. The van der Waals surface area contributed by atoms with Crippen LogP contribution in [0.2, 0.25) is 0 Å². The van der Waals surface area contributed by atoms with Gasteiger partial charge in [0.05, 0.1) is 5.75 Å². The van der Waals surface area contributed by atoms with Gasteiger partial charge in [-0.1, -0.05) is 15.9 Å². The Balaban J connectivity index is 1.76. The summed E-state index contributed by atoms with van der Waals surface area (Å²) in [5.74, 6) is 0.773. The van der Waals surface area contributed by atoms with Crippen LogP contribution in [0.5, 0.6) is 0 Å². The molecule has 1 aromatic rings. The fourth-order valence-electron chi connectivity index (χ4n) is 1.70. The summed E-state index contributed by atoms with van der Waals surface area (Å²) in [6.07, 6.45) is 6.28. The van der Waals surface area contributed by atoms with Crippen LogP contribution in [0.1, 0.15) is 18.4 Å². The van der Waals surface area contributed by atoms with E-state index in [1.807, 2.05) is 12.1 Å². The van der Waals surface area contributed by atoms with Crippen LogP contribution in [-0.4, -0.2) is 30.5 Å². The number of sulfonamides is 1. The fraction of sp³-hybridized carbons (Fsp3) is 0.583. The number of hydrogen-bond donors (Lipinski definition) is 1. The van der Waals surface area contributed by atoms with Crippen LogP contribution >= 0.6 is 15.9 Å². The van der Waals surface area contributed by atoms with E-state index in [-0.39, 0.29) is 10.6 Å². The molecule has 0 aromatic carbocycles. The molecule has 6 heteroatoms. The van der Waals surface area contributed by atoms with Crippen molar-refractivity contribution in [3.8, 4) is 0 Å². The highest BCUT2D eigenvalue weighted by molar-refractivity contribution is 9.09. The van der Waals surface area contributed by atoms with E-state index in [9.17, 15) is 8.42 Å². The Kier molecular flexibility index (Phi) is 4.75. The molecule has 0 spiro atoms. The summed E-state index contributed by atoms with van der Waals surface area (Å²) in [4.78, 5) is 4.18. The third-order valence-electron chi connectivity index (χ3n) is 3.04. The van der Waals surface area contributed by atoms with Crippen LogP contribution < -0.4 is 4.72 Å². The van der Waals surface area contributed by atoms with Crippen LogP contribution in [-0.2, 0) is 16.4 Å². The van der Waals surface area contributed by atoms with Gasteiger partial charge >= 0.3 is 0 Å². The van der Waals surface area contributed by atoms with Gasteiger partial charge in [-0.05, 0) is 42.9 Å². The molecule has 18 heavy (non-hydrogen) atoms. The fourth-order valence-corrected chi connectivity index (χ4v) is 3.69. The van der Waals surface area contributed by atoms with Crippen LogP contribution in [0.25, 0.3) is 0 Å². The molecule has 1 aromatic heterocycles. The molecule has 0 bridgehead atoms. The number of nitrogens with one attached hydrogen (secondary N) is 1. The molecule has 1 aliphatic carbocycles. The highest BCUT2D eigenvalue weighted by Gasteiger charge is 2.29. The Bertz CT molecular complexity index is 474. The molecule has 1 unspecified atom stereocenters. The Morgan fingerprint density at radius 3 is 2.67 bits per heavy atom. The lowest BCUT2D eigenvalue weighted by molar-refractivity contribution is 0.577. The van der Waals surface area contributed by atoms with Crippen molar-refractivity contribution in [2.75, 3.05) is 12.3 Å². The van der Waals surface area contributed by atoms with Crippen molar-refractivity contribution in [2.24, 2.45) is 5.92 Å². The number of rotatable bonds is 7. The van der Waals surface area contributed by atoms with Crippen molar-refractivity contribution in [1.29, 1.82) is 0 Å². The lowest BCUT2D eigenvalue weighted by atomic mass is 10.2. The average molecular weight is 333 g/mol. The molecule has 0 amide bonds. The summed E-state index contributed by atoms with van der Waals surface area (Å²) >= 11 is 3.52. The van der Waals surface area contributed by atoms with Gasteiger partial charge in [0, 0.05) is 23.8 Å². The molecule has 0 radical (unpaired) electrons. The maximum Gasteiger partial charge on any atom is 0.211 e. The summed E-state index contributed by atoms with van der Waals surface area (Å²) in [6, 6.07) is 3.68. The van der Waals surface area contributed by atoms with Crippen LogP contribution in [0.3, 0.4) is 0 Å². The smallest absolute Gasteiger partial charge is 0.211 e. The molecule has 4 nitrogen and oxygen atoms in total. The van der Waals surface area contributed by atoms with Crippen molar-refractivity contribution in [2.45, 2.75) is 24.1 Å². The Morgan fingerprint density at radius 2 is 2.06 bits per heavy atom. The Hall–Kier alpha value is -0.460. The molecule has 1 heterocycles. The van der Waals surface area contributed by atoms with E-state index in [1.165, 1.54) is 12.8 Å². The first kappa shape index (κ1) is 14.0. The van der Waals surface area contributed by atoms with Gasteiger partial charge in [-0.15, -0.1) is 0 Å². The standard InChI is InChI=1S/C12H17BrN2O2S/c13-12(11-1-2-11)9-15-18(16,17)8-5-10-3-6-14-7-4-10/h3-4,6-7,11-12,15H,1-2,5,8-9H2. The number of pyridine rings is 1. The van der Waals surface area contributed by atoms with Crippen molar-refractivity contribution >= 4 is 26.0 Å². The van der Waals surface area contributed by atoms with Crippen molar-refractivity contribution < 1.29 is 8.42 Å². The van der Waals surface area contributed by atoms with Crippen LogP contribution in [0.15, 0.2) is 24.5 Å². The van der Waals surface area contributed by atoms with Gasteiger partial charge < -0.3 is 0 Å². The zero-order valence-corrected chi connectivity index (χ0v) is 12.5. The molecule has 2 rings (SSSR count). The largest absolute Gasteiger partial charge is 0.265 e. The normalized spacial score (nSPS) is 17.6. The molecule has 1 fully saturated rings. The van der Waals surface area contributed by atoms with E-state index in [4.69, 9.17) is 0 Å². The minimum absolute atomic E-state index is 0.126. The molecular formula is C12H17BrN2O2S. The topological polar surface area (TPSA) is 59.1 Å². The number of aromatic nitrogens is 1. The van der Waals surface area contributed by atoms with Gasteiger partial charge in [0.2, 0.25) is 10.0 Å². The monoisotopic (exact) mass is 332 g/mol. The second kappa shape index (κ2) is 6.12. The number of nitrogens with zero attached hydrogens (tertiary/aromatic N) is 1. The molecule has 1 atom stereocenters. The van der Waals surface area contributed by atoms with Crippen molar-refractivity contribution in [3.05, 3.63) is 30.1 Å². The first-order chi connectivity index (χ1) is 8.57. The molecular weight excluding hydrogens is 316 g/mol. The van der Waals surface area contributed by atoms with Gasteiger partial charge in [0.25, 0.3) is 0 Å². The molecule has 0 aliphatic heterocycles. The summed E-state index contributed by atoms with van der Waals surface area (Å²) in [5, 5.41) is 0. The zero-order chi connectivity index (χ0) is 13.0. The van der Waals surface area contributed by atoms with Gasteiger partial charge in [0.1, 0.15) is 0 Å². The first-order valence-corrected chi connectivity index (χ1v) is 8.64. The highest BCUT2D eigenvalue weighted by Crippen LogP contribution is 2.36. The highest BCUT2D eigenvalue weighted by atomic mass is 79.9. The van der Waals surface area contributed by atoms with Gasteiger partial charge in [-0.25, -0.2) is 13.1 Å². The van der Waals surface area contributed by atoms with E-state index in [0.717, 1.165) is 5.56 Å². The second-order valence-corrected chi connectivity index (χ2v) is 7.73.